The lowest BCUT2D eigenvalue weighted by Gasteiger charge is -2.45. The average Bonchev–Trinajstić information content (AvgIpc) is 3.29. The van der Waals surface area contributed by atoms with Gasteiger partial charge in [0.15, 0.2) is 12.0 Å². The maximum atomic E-state index is 14.9. The predicted octanol–water partition coefficient (Wildman–Crippen LogP) is 3.84. The first kappa shape index (κ1) is 23.7. The molecule has 11 heteroatoms. The van der Waals surface area contributed by atoms with Crippen LogP contribution in [0.5, 0.6) is 0 Å². The molecule has 2 aromatic rings. The summed E-state index contributed by atoms with van der Waals surface area (Å²) in [6, 6.07) is 2.52. The maximum absolute atomic E-state index is 14.9. The summed E-state index contributed by atoms with van der Waals surface area (Å²) >= 11 is 6.28. The quantitative estimate of drug-likeness (QED) is 0.564. The minimum absolute atomic E-state index is 0.0801. The number of aromatic nitrogens is 3. The van der Waals surface area contributed by atoms with Crippen molar-refractivity contribution >= 4 is 22.6 Å². The Morgan fingerprint density at radius 3 is 2.61 bits per heavy atom. The highest BCUT2D eigenvalue weighted by Crippen LogP contribution is 2.49. The van der Waals surface area contributed by atoms with Gasteiger partial charge in [0.2, 0.25) is 0 Å². The zero-order valence-electron chi connectivity index (χ0n) is 20.6. The summed E-state index contributed by atoms with van der Waals surface area (Å²) in [7, 11) is 0. The van der Waals surface area contributed by atoms with Gasteiger partial charge in [0, 0.05) is 43.8 Å². The van der Waals surface area contributed by atoms with Crippen LogP contribution in [0.25, 0.3) is 11.0 Å². The molecule has 0 aromatic carbocycles. The minimum atomic E-state index is -2.70. The van der Waals surface area contributed by atoms with E-state index in [2.05, 4.69) is 14.9 Å². The Hall–Kier alpha value is -1.43. The molecule has 5 aliphatic rings. The fraction of sp³-hybridized carbons (Fsp3) is 0.760. The topological polar surface area (TPSA) is 64.9 Å². The molecule has 36 heavy (non-hydrogen) atoms. The Labute approximate surface area is 213 Å². The van der Waals surface area contributed by atoms with Gasteiger partial charge in [-0.05, 0) is 45.6 Å². The van der Waals surface area contributed by atoms with Crippen LogP contribution in [0.1, 0.15) is 52.2 Å². The third kappa shape index (κ3) is 3.87. The molecule has 0 amide bonds. The summed E-state index contributed by atoms with van der Waals surface area (Å²) in [4.78, 5) is 13.0. The van der Waals surface area contributed by atoms with Crippen molar-refractivity contribution in [2.75, 3.05) is 26.2 Å². The Morgan fingerprint density at radius 1 is 1.11 bits per heavy atom. The Morgan fingerprint density at radius 2 is 1.86 bits per heavy atom. The summed E-state index contributed by atoms with van der Waals surface area (Å²) in [5, 5.41) is 1.09. The molecular formula is C25H32ClF2N5O3. The van der Waals surface area contributed by atoms with Crippen LogP contribution in [0.4, 0.5) is 8.78 Å². The third-order valence-corrected chi connectivity index (χ3v) is 9.03. The van der Waals surface area contributed by atoms with E-state index in [0.29, 0.717) is 23.4 Å². The molecule has 8 nitrogen and oxygen atoms in total. The number of fused-ring (bicyclic) bond motifs is 2. The molecule has 0 bridgehead atoms. The Bertz CT molecular complexity index is 1170. The van der Waals surface area contributed by atoms with Crippen molar-refractivity contribution in [2.45, 2.75) is 93.8 Å². The van der Waals surface area contributed by atoms with E-state index < -0.39 is 35.7 Å². The summed E-state index contributed by atoms with van der Waals surface area (Å²) in [6.07, 6.45) is 5.52. The highest BCUT2D eigenvalue weighted by atomic mass is 35.5. The smallest absolute Gasteiger partial charge is 0.262 e. The van der Waals surface area contributed by atoms with Gasteiger partial charge in [0.05, 0.1) is 11.9 Å². The lowest BCUT2D eigenvalue weighted by atomic mass is 9.84. The first-order valence-electron chi connectivity index (χ1n) is 13.0. The molecule has 1 spiro atoms. The first-order chi connectivity index (χ1) is 17.1. The van der Waals surface area contributed by atoms with E-state index in [1.165, 1.54) is 19.2 Å². The maximum Gasteiger partial charge on any atom is 0.262 e. The van der Waals surface area contributed by atoms with Crippen LogP contribution in [-0.2, 0) is 14.2 Å². The van der Waals surface area contributed by atoms with Crippen molar-refractivity contribution in [1.82, 2.24) is 24.3 Å². The lowest BCUT2D eigenvalue weighted by molar-refractivity contribution is -0.199. The predicted molar refractivity (Wildman–Crippen MR) is 128 cm³/mol. The summed E-state index contributed by atoms with van der Waals surface area (Å²) in [5.74, 6) is -3.50. The van der Waals surface area contributed by atoms with Gasteiger partial charge >= 0.3 is 0 Å². The van der Waals surface area contributed by atoms with Crippen molar-refractivity contribution < 1.29 is 23.0 Å². The van der Waals surface area contributed by atoms with Gasteiger partial charge in [-0.25, -0.2) is 18.7 Å². The number of hydrogen-bond acceptors (Lipinski definition) is 7. The summed E-state index contributed by atoms with van der Waals surface area (Å²) < 4.78 is 50.8. The van der Waals surface area contributed by atoms with Gasteiger partial charge in [-0.3, -0.25) is 4.90 Å². The van der Waals surface area contributed by atoms with Crippen molar-refractivity contribution in [3.05, 3.63) is 23.7 Å². The molecule has 0 N–H and O–H groups in total. The van der Waals surface area contributed by atoms with Crippen LogP contribution in [0.15, 0.2) is 18.6 Å². The summed E-state index contributed by atoms with van der Waals surface area (Å²) in [5.41, 5.74) is 0.145. The molecule has 5 fully saturated rings. The largest absolute Gasteiger partial charge is 0.348 e. The van der Waals surface area contributed by atoms with Crippen LogP contribution in [-0.4, -0.2) is 92.1 Å². The average molecular weight is 524 g/mol. The SMILES string of the molecule is CC1(C)O[C@@H]2[C@@H](CN3CC(F)(F)CC34CCN(C3CC3)CC4)OC(n3ccc4c(Cl)ncnc43)[C@@H]2O1. The molecule has 4 atom stereocenters. The van der Waals surface area contributed by atoms with E-state index in [-0.39, 0.29) is 19.1 Å². The zero-order valence-corrected chi connectivity index (χ0v) is 21.3. The van der Waals surface area contributed by atoms with E-state index in [4.69, 9.17) is 25.8 Å². The van der Waals surface area contributed by atoms with E-state index in [0.717, 1.165) is 31.3 Å². The molecule has 196 valence electrons. The number of likely N-dealkylation sites (tertiary alicyclic amines) is 2. The van der Waals surface area contributed by atoms with E-state index >= 15 is 0 Å². The second-order valence-corrected chi connectivity index (χ2v) is 12.0. The van der Waals surface area contributed by atoms with Crippen LogP contribution < -0.4 is 0 Å². The molecular weight excluding hydrogens is 492 g/mol. The lowest BCUT2D eigenvalue weighted by Crippen LogP contribution is -2.55. The van der Waals surface area contributed by atoms with Gasteiger partial charge in [0.25, 0.3) is 5.92 Å². The number of hydrogen-bond donors (Lipinski definition) is 0. The number of alkyl halides is 2. The van der Waals surface area contributed by atoms with Gasteiger partial charge in [-0.1, -0.05) is 11.6 Å². The van der Waals surface area contributed by atoms with Crippen LogP contribution in [0, 0.1) is 0 Å². The van der Waals surface area contributed by atoms with Crippen molar-refractivity contribution in [1.29, 1.82) is 0 Å². The van der Waals surface area contributed by atoms with Crippen LogP contribution >= 0.6 is 11.6 Å². The molecule has 4 aliphatic heterocycles. The van der Waals surface area contributed by atoms with Crippen LogP contribution in [0.2, 0.25) is 5.15 Å². The third-order valence-electron chi connectivity index (χ3n) is 8.73. The zero-order chi connectivity index (χ0) is 24.9. The van der Waals surface area contributed by atoms with Crippen molar-refractivity contribution in [2.24, 2.45) is 0 Å². The minimum Gasteiger partial charge on any atom is -0.348 e. The highest BCUT2D eigenvalue weighted by molar-refractivity contribution is 6.33. The van der Waals surface area contributed by atoms with Gasteiger partial charge in [0.1, 0.15) is 35.4 Å². The number of rotatable bonds is 4. The van der Waals surface area contributed by atoms with E-state index in [9.17, 15) is 8.78 Å². The normalized spacial score (nSPS) is 35.7. The first-order valence-corrected chi connectivity index (χ1v) is 13.4. The van der Waals surface area contributed by atoms with Gasteiger partial charge in [-0.15, -0.1) is 0 Å². The van der Waals surface area contributed by atoms with Gasteiger partial charge < -0.3 is 23.7 Å². The molecule has 1 unspecified atom stereocenters. The molecule has 0 radical (unpaired) electrons. The number of nitrogens with zero attached hydrogens (tertiary/aromatic N) is 5. The molecule has 1 aliphatic carbocycles. The van der Waals surface area contributed by atoms with Gasteiger partial charge in [-0.2, -0.15) is 0 Å². The van der Waals surface area contributed by atoms with E-state index in [1.807, 2.05) is 35.6 Å². The molecule has 7 rings (SSSR count). The van der Waals surface area contributed by atoms with Crippen LogP contribution in [0.3, 0.4) is 0 Å². The molecule has 1 saturated carbocycles. The monoisotopic (exact) mass is 523 g/mol. The van der Waals surface area contributed by atoms with Crippen molar-refractivity contribution in [3.8, 4) is 0 Å². The number of ether oxygens (including phenoxy) is 3. The number of piperidine rings is 1. The fourth-order valence-electron chi connectivity index (χ4n) is 6.98. The summed E-state index contributed by atoms with van der Waals surface area (Å²) in [6.45, 7) is 5.68. The molecule has 4 saturated heterocycles. The standard InChI is InChI=1S/C25H32ClF2N5O3/c1-23(2)35-18-17(34-22(19(18)36-23)33-8-5-16-20(26)29-14-30-21(16)33)11-32-13-25(27,28)12-24(32)6-9-31(10-7-24)15-3-4-15/h5,8,14-15,17-19,22H,3-4,6-7,9-13H2,1-2H3/t17-,18-,19-,22?/m1/s1. The second kappa shape index (κ2) is 8.04. The Balaban J connectivity index is 1.17. The fourth-order valence-corrected chi connectivity index (χ4v) is 7.18. The molecule has 2 aromatic heterocycles. The number of halogens is 3. The molecule has 6 heterocycles. The van der Waals surface area contributed by atoms with E-state index in [1.54, 1.807) is 0 Å². The highest BCUT2D eigenvalue weighted by Gasteiger charge is 2.60. The van der Waals surface area contributed by atoms with Crippen molar-refractivity contribution in [3.63, 3.8) is 0 Å². The second-order valence-electron chi connectivity index (χ2n) is 11.7. The Kier molecular flexibility index (Phi) is 5.28.